The number of piperidine rings is 1. The maximum Gasteiger partial charge on any atom is 0.315 e. The molecule has 2 rings (SSSR count). The number of hydrogen-bond acceptors (Lipinski definition) is 3. The van der Waals surface area contributed by atoms with Gasteiger partial charge in [0, 0.05) is 12.6 Å². The molecule has 2 unspecified atom stereocenters. The zero-order chi connectivity index (χ0) is 12.3. The molecule has 0 aromatic heterocycles. The highest BCUT2D eigenvalue weighted by atomic mass is 16.5. The number of hydrogen-bond donors (Lipinski definition) is 0. The number of fused-ring (bicyclic) bond motifs is 1. The van der Waals surface area contributed by atoms with Gasteiger partial charge in [-0.25, -0.2) is 0 Å². The lowest BCUT2D eigenvalue weighted by Crippen LogP contribution is -2.50. The molecule has 0 spiro atoms. The van der Waals surface area contributed by atoms with Crippen molar-refractivity contribution in [3.63, 3.8) is 0 Å². The average Bonchev–Trinajstić information content (AvgIpc) is 2.37. The molecule has 2 atom stereocenters. The number of nitrogens with zero attached hydrogens (tertiary/aromatic N) is 1. The summed E-state index contributed by atoms with van der Waals surface area (Å²) in [4.78, 5) is 25.1. The lowest BCUT2D eigenvalue weighted by molar-refractivity contribution is -0.149. The summed E-state index contributed by atoms with van der Waals surface area (Å²) < 4.78 is 4.56. The van der Waals surface area contributed by atoms with Gasteiger partial charge in [-0.3, -0.25) is 9.59 Å². The third kappa shape index (κ3) is 2.79. The van der Waals surface area contributed by atoms with Gasteiger partial charge in [-0.1, -0.05) is 12.8 Å². The normalized spacial score (nSPS) is 28.4. The molecular formula is C13H21NO3. The Morgan fingerprint density at radius 1 is 1.18 bits per heavy atom. The van der Waals surface area contributed by atoms with Gasteiger partial charge in [-0.15, -0.1) is 0 Å². The minimum absolute atomic E-state index is 0.0477. The Hall–Kier alpha value is -1.06. The number of ether oxygens (including phenoxy) is 1. The van der Waals surface area contributed by atoms with Gasteiger partial charge in [0.1, 0.15) is 6.42 Å². The van der Waals surface area contributed by atoms with Gasteiger partial charge in [-0.05, 0) is 31.6 Å². The first-order valence-corrected chi connectivity index (χ1v) is 6.58. The van der Waals surface area contributed by atoms with E-state index in [1.807, 2.05) is 4.90 Å². The molecule has 96 valence electrons. The highest BCUT2D eigenvalue weighted by Gasteiger charge is 2.35. The standard InChI is InChI=1S/C13H21NO3/c1-17-13(16)9-12(15)14-8-4-6-10-5-2-3-7-11(10)14/h10-11H,2-9H2,1H3. The van der Waals surface area contributed by atoms with Crippen LogP contribution in [-0.4, -0.2) is 36.5 Å². The molecule has 2 aliphatic rings. The van der Waals surface area contributed by atoms with Crippen molar-refractivity contribution < 1.29 is 14.3 Å². The van der Waals surface area contributed by atoms with Crippen LogP contribution in [0.15, 0.2) is 0 Å². The van der Waals surface area contributed by atoms with Crippen LogP contribution in [0, 0.1) is 5.92 Å². The molecule has 0 bridgehead atoms. The molecule has 1 aliphatic carbocycles. The van der Waals surface area contributed by atoms with E-state index in [0.717, 1.165) is 19.4 Å². The van der Waals surface area contributed by atoms with Crippen molar-refractivity contribution in [1.29, 1.82) is 0 Å². The van der Waals surface area contributed by atoms with Gasteiger partial charge in [0.05, 0.1) is 7.11 Å². The van der Waals surface area contributed by atoms with E-state index in [1.165, 1.54) is 32.8 Å². The predicted molar refractivity (Wildman–Crippen MR) is 63.3 cm³/mol. The van der Waals surface area contributed by atoms with Crippen molar-refractivity contribution in [3.05, 3.63) is 0 Å². The first-order chi connectivity index (χ1) is 8.22. The van der Waals surface area contributed by atoms with Crippen molar-refractivity contribution in [3.8, 4) is 0 Å². The molecule has 4 heteroatoms. The summed E-state index contributed by atoms with van der Waals surface area (Å²) in [7, 11) is 1.33. The number of carbonyl (C=O) groups excluding carboxylic acids is 2. The summed E-state index contributed by atoms with van der Waals surface area (Å²) >= 11 is 0. The summed E-state index contributed by atoms with van der Waals surface area (Å²) in [6.45, 7) is 0.816. The molecule has 2 fully saturated rings. The lowest BCUT2D eigenvalue weighted by atomic mass is 9.78. The minimum Gasteiger partial charge on any atom is -0.469 e. The smallest absolute Gasteiger partial charge is 0.315 e. The second-order valence-corrected chi connectivity index (χ2v) is 5.09. The second-order valence-electron chi connectivity index (χ2n) is 5.09. The van der Waals surface area contributed by atoms with Crippen molar-refractivity contribution >= 4 is 11.9 Å². The summed E-state index contributed by atoms with van der Waals surface area (Å²) in [6.07, 6.45) is 7.08. The molecule has 1 saturated heterocycles. The highest BCUT2D eigenvalue weighted by molar-refractivity contribution is 5.94. The van der Waals surface area contributed by atoms with Gasteiger partial charge < -0.3 is 9.64 Å². The van der Waals surface area contributed by atoms with Crippen LogP contribution >= 0.6 is 0 Å². The summed E-state index contributed by atoms with van der Waals surface area (Å²) in [5.41, 5.74) is 0. The number of rotatable bonds is 2. The maximum atomic E-state index is 12.0. The zero-order valence-electron chi connectivity index (χ0n) is 10.5. The molecule has 0 radical (unpaired) electrons. The van der Waals surface area contributed by atoms with Crippen LogP contribution in [0.1, 0.15) is 44.9 Å². The van der Waals surface area contributed by atoms with Crippen molar-refractivity contribution in [2.24, 2.45) is 5.92 Å². The van der Waals surface area contributed by atoms with Crippen LogP contribution in [0.25, 0.3) is 0 Å². The number of esters is 1. The largest absolute Gasteiger partial charge is 0.469 e. The molecule has 1 amide bonds. The third-order valence-corrected chi connectivity index (χ3v) is 4.09. The van der Waals surface area contributed by atoms with E-state index < -0.39 is 5.97 Å². The number of amides is 1. The van der Waals surface area contributed by atoms with Crippen LogP contribution in [0.4, 0.5) is 0 Å². The van der Waals surface area contributed by atoms with Crippen molar-refractivity contribution in [2.75, 3.05) is 13.7 Å². The van der Waals surface area contributed by atoms with Gasteiger partial charge in [-0.2, -0.15) is 0 Å². The fraction of sp³-hybridized carbons (Fsp3) is 0.846. The molecule has 17 heavy (non-hydrogen) atoms. The maximum absolute atomic E-state index is 12.0. The van der Waals surface area contributed by atoms with E-state index in [9.17, 15) is 9.59 Å². The van der Waals surface area contributed by atoms with Crippen molar-refractivity contribution in [1.82, 2.24) is 4.90 Å². The Morgan fingerprint density at radius 3 is 2.65 bits per heavy atom. The SMILES string of the molecule is COC(=O)CC(=O)N1CCCC2CCCCC21. The quantitative estimate of drug-likeness (QED) is 0.544. The fourth-order valence-corrected chi connectivity index (χ4v) is 3.23. The van der Waals surface area contributed by atoms with Gasteiger partial charge in [0.25, 0.3) is 0 Å². The molecule has 1 aliphatic heterocycles. The first-order valence-electron chi connectivity index (χ1n) is 6.58. The monoisotopic (exact) mass is 239 g/mol. The third-order valence-electron chi connectivity index (χ3n) is 4.09. The number of methoxy groups -OCH3 is 1. The molecule has 0 N–H and O–H groups in total. The van der Waals surface area contributed by atoms with Crippen LogP contribution in [0.2, 0.25) is 0 Å². The van der Waals surface area contributed by atoms with Gasteiger partial charge >= 0.3 is 5.97 Å². The lowest BCUT2D eigenvalue weighted by Gasteiger charge is -2.44. The van der Waals surface area contributed by atoms with Gasteiger partial charge in [0.2, 0.25) is 5.91 Å². The highest BCUT2D eigenvalue weighted by Crippen LogP contribution is 2.35. The van der Waals surface area contributed by atoms with E-state index in [-0.39, 0.29) is 12.3 Å². The minimum atomic E-state index is -0.423. The Kier molecular flexibility index (Phi) is 4.02. The van der Waals surface area contributed by atoms with Crippen LogP contribution in [0.3, 0.4) is 0 Å². The van der Waals surface area contributed by atoms with Crippen molar-refractivity contribution in [2.45, 2.75) is 51.0 Å². The van der Waals surface area contributed by atoms with E-state index in [4.69, 9.17) is 0 Å². The van der Waals surface area contributed by atoms with Crippen LogP contribution in [-0.2, 0) is 14.3 Å². The summed E-state index contributed by atoms with van der Waals surface area (Å²) in [5, 5.41) is 0. The topological polar surface area (TPSA) is 46.6 Å². The molecule has 1 saturated carbocycles. The predicted octanol–water partition coefficient (Wildman–Crippen LogP) is 1.73. The second kappa shape index (κ2) is 5.52. The Bertz CT molecular complexity index is 301. The van der Waals surface area contributed by atoms with Gasteiger partial charge in [0.15, 0.2) is 0 Å². The average molecular weight is 239 g/mol. The summed E-state index contributed by atoms with van der Waals surface area (Å²) in [5.74, 6) is 0.195. The number of likely N-dealkylation sites (tertiary alicyclic amines) is 1. The van der Waals surface area contributed by atoms with E-state index in [2.05, 4.69) is 4.74 Å². The number of carbonyl (C=O) groups is 2. The molecule has 0 aromatic rings. The first kappa shape index (κ1) is 12.4. The van der Waals surface area contributed by atoms with E-state index in [1.54, 1.807) is 0 Å². The van der Waals surface area contributed by atoms with Crippen LogP contribution < -0.4 is 0 Å². The Morgan fingerprint density at radius 2 is 1.88 bits per heavy atom. The Balaban J connectivity index is 1.98. The molecular weight excluding hydrogens is 218 g/mol. The fourth-order valence-electron chi connectivity index (χ4n) is 3.23. The molecule has 1 heterocycles. The summed E-state index contributed by atoms with van der Waals surface area (Å²) in [6, 6.07) is 0.384. The Labute approximate surface area is 102 Å². The molecule has 0 aromatic carbocycles. The van der Waals surface area contributed by atoms with E-state index >= 15 is 0 Å². The van der Waals surface area contributed by atoms with E-state index in [0.29, 0.717) is 12.0 Å². The zero-order valence-corrected chi connectivity index (χ0v) is 10.5. The molecule has 4 nitrogen and oxygen atoms in total. The van der Waals surface area contributed by atoms with Crippen LogP contribution in [0.5, 0.6) is 0 Å².